The van der Waals surface area contributed by atoms with E-state index in [1.165, 1.54) is 11.4 Å². The number of aryl methyl sites for hydroxylation is 2. The van der Waals surface area contributed by atoms with E-state index in [0.717, 1.165) is 36.3 Å². The fourth-order valence-corrected chi connectivity index (χ4v) is 2.08. The largest absolute Gasteiger partial charge is 0.345 e. The number of fused-ring (bicyclic) bond motifs is 3. The van der Waals surface area contributed by atoms with Gasteiger partial charge in [-0.05, 0) is 19.4 Å². The van der Waals surface area contributed by atoms with Crippen molar-refractivity contribution in [3.05, 3.63) is 23.4 Å². The lowest BCUT2D eigenvalue weighted by molar-refractivity contribution is 0.847. The Kier molecular flexibility index (Phi) is 1.85. The summed E-state index contributed by atoms with van der Waals surface area (Å²) in [6.07, 6.45) is 4.66. The van der Waals surface area contributed by atoms with Crippen molar-refractivity contribution in [2.24, 2.45) is 5.73 Å². The number of hydrogen-bond donors (Lipinski definition) is 3. The average Bonchev–Trinajstić information content (AvgIpc) is 2.80. The van der Waals surface area contributed by atoms with E-state index in [1.807, 2.05) is 6.20 Å². The van der Waals surface area contributed by atoms with Gasteiger partial charge in [0.1, 0.15) is 5.82 Å². The van der Waals surface area contributed by atoms with Crippen LogP contribution in [-0.2, 0) is 19.3 Å². The molecule has 0 fully saturated rings. The number of imidazole rings is 1. The van der Waals surface area contributed by atoms with Gasteiger partial charge in [0, 0.05) is 23.4 Å². The molecule has 1 aliphatic carbocycles. The highest BCUT2D eigenvalue weighted by molar-refractivity contribution is 5.66. The first-order valence-electron chi connectivity index (χ1n) is 5.19. The molecule has 2 aromatic heterocycles. The van der Waals surface area contributed by atoms with E-state index in [2.05, 4.69) is 20.2 Å². The number of nitrogens with zero attached hydrogens (tertiary/aromatic N) is 2. The van der Waals surface area contributed by atoms with Gasteiger partial charge in [-0.25, -0.2) is 4.98 Å². The number of nitrogens with two attached hydrogens (primary N) is 1. The summed E-state index contributed by atoms with van der Waals surface area (Å²) < 4.78 is 0. The number of nitrogens with one attached hydrogen (secondary N) is 2. The fourth-order valence-electron chi connectivity index (χ4n) is 2.08. The molecule has 0 saturated carbocycles. The van der Waals surface area contributed by atoms with E-state index in [1.54, 1.807) is 0 Å². The lowest BCUT2D eigenvalue weighted by Gasteiger charge is -2.08. The Bertz CT molecular complexity index is 482. The van der Waals surface area contributed by atoms with E-state index in [0.29, 0.717) is 6.54 Å². The van der Waals surface area contributed by atoms with Crippen LogP contribution in [0.15, 0.2) is 6.20 Å². The lowest BCUT2D eigenvalue weighted by atomic mass is 9.99. The Hall–Kier alpha value is -1.62. The summed E-state index contributed by atoms with van der Waals surface area (Å²) in [4.78, 5) is 7.89. The molecule has 3 rings (SSSR count). The topological polar surface area (TPSA) is 83.4 Å². The number of aromatic amines is 2. The van der Waals surface area contributed by atoms with Crippen LogP contribution in [-0.4, -0.2) is 26.7 Å². The van der Waals surface area contributed by atoms with Crippen molar-refractivity contribution < 1.29 is 0 Å². The zero-order valence-electron chi connectivity index (χ0n) is 8.38. The third-order valence-electron chi connectivity index (χ3n) is 2.81. The van der Waals surface area contributed by atoms with Crippen LogP contribution in [0.25, 0.3) is 11.3 Å². The minimum atomic E-state index is 0.630. The molecule has 0 aromatic carbocycles. The number of aromatic nitrogens is 4. The summed E-state index contributed by atoms with van der Waals surface area (Å²) in [7, 11) is 0. The minimum absolute atomic E-state index is 0.630. The summed E-state index contributed by atoms with van der Waals surface area (Å²) in [5, 5.41) is 7.07. The molecule has 4 N–H and O–H groups in total. The minimum Gasteiger partial charge on any atom is -0.345 e. The zero-order valence-corrected chi connectivity index (χ0v) is 8.38. The van der Waals surface area contributed by atoms with Crippen molar-refractivity contribution in [2.45, 2.75) is 19.3 Å². The number of H-pyrrole nitrogens is 2. The highest BCUT2D eigenvalue weighted by atomic mass is 15.1. The van der Waals surface area contributed by atoms with Crippen LogP contribution in [0.2, 0.25) is 0 Å². The van der Waals surface area contributed by atoms with E-state index in [9.17, 15) is 0 Å². The van der Waals surface area contributed by atoms with Gasteiger partial charge in [-0.15, -0.1) is 0 Å². The Labute approximate surface area is 87.1 Å². The van der Waals surface area contributed by atoms with Crippen LogP contribution in [0, 0.1) is 0 Å². The van der Waals surface area contributed by atoms with Crippen molar-refractivity contribution in [1.29, 1.82) is 0 Å². The Balaban J connectivity index is 2.08. The van der Waals surface area contributed by atoms with Gasteiger partial charge in [-0.2, -0.15) is 5.10 Å². The van der Waals surface area contributed by atoms with Crippen molar-refractivity contribution in [1.82, 2.24) is 20.2 Å². The van der Waals surface area contributed by atoms with Crippen LogP contribution in [0.3, 0.4) is 0 Å². The van der Waals surface area contributed by atoms with Crippen molar-refractivity contribution >= 4 is 0 Å². The van der Waals surface area contributed by atoms with Gasteiger partial charge < -0.3 is 10.7 Å². The summed E-state index contributed by atoms with van der Waals surface area (Å²) in [5.41, 5.74) is 10.1. The van der Waals surface area contributed by atoms with Gasteiger partial charge in [-0.3, -0.25) is 5.10 Å². The molecule has 0 amide bonds. The van der Waals surface area contributed by atoms with E-state index in [-0.39, 0.29) is 0 Å². The maximum absolute atomic E-state index is 5.51. The van der Waals surface area contributed by atoms with Crippen molar-refractivity contribution in [3.8, 4) is 11.3 Å². The smallest absolute Gasteiger partial charge is 0.108 e. The highest BCUT2D eigenvalue weighted by Gasteiger charge is 2.21. The van der Waals surface area contributed by atoms with E-state index >= 15 is 0 Å². The second kappa shape index (κ2) is 3.20. The van der Waals surface area contributed by atoms with Gasteiger partial charge in [0.25, 0.3) is 0 Å². The van der Waals surface area contributed by atoms with Gasteiger partial charge in [0.05, 0.1) is 11.9 Å². The zero-order chi connectivity index (χ0) is 10.3. The van der Waals surface area contributed by atoms with Crippen LogP contribution in [0.4, 0.5) is 0 Å². The normalized spacial score (nSPS) is 13.7. The molecule has 0 bridgehead atoms. The highest BCUT2D eigenvalue weighted by Crippen LogP contribution is 2.30. The summed E-state index contributed by atoms with van der Waals surface area (Å²) in [6.45, 7) is 0.630. The van der Waals surface area contributed by atoms with Gasteiger partial charge in [0.2, 0.25) is 0 Å². The molecule has 0 aliphatic heterocycles. The molecule has 0 atom stereocenters. The molecule has 5 nitrogen and oxygen atoms in total. The third-order valence-corrected chi connectivity index (χ3v) is 2.81. The first-order chi connectivity index (χ1) is 7.38. The number of rotatable bonds is 2. The Morgan fingerprint density at radius 1 is 1.33 bits per heavy atom. The summed E-state index contributed by atoms with van der Waals surface area (Å²) in [5.74, 6) is 0.983. The van der Waals surface area contributed by atoms with Gasteiger partial charge in [0.15, 0.2) is 0 Å². The average molecular weight is 203 g/mol. The number of hydrogen-bond acceptors (Lipinski definition) is 3. The summed E-state index contributed by atoms with van der Waals surface area (Å²) >= 11 is 0. The lowest BCUT2D eigenvalue weighted by Crippen LogP contribution is -2.04. The first kappa shape index (κ1) is 8.67. The molecule has 0 radical (unpaired) electrons. The quantitative estimate of drug-likeness (QED) is 0.660. The molecule has 2 heterocycles. The second-order valence-corrected chi connectivity index (χ2v) is 3.81. The molecule has 15 heavy (non-hydrogen) atoms. The van der Waals surface area contributed by atoms with Crippen LogP contribution >= 0.6 is 0 Å². The monoisotopic (exact) mass is 203 g/mol. The molecular weight excluding hydrogens is 190 g/mol. The Morgan fingerprint density at radius 3 is 3.07 bits per heavy atom. The maximum Gasteiger partial charge on any atom is 0.108 e. The molecular formula is C10H13N5. The first-order valence-corrected chi connectivity index (χ1v) is 5.19. The molecule has 0 spiro atoms. The second-order valence-electron chi connectivity index (χ2n) is 3.81. The SMILES string of the molecule is NCCc1nc2c([nH]1)CCc1[nH]ncc1-2. The van der Waals surface area contributed by atoms with Crippen molar-refractivity contribution in [3.63, 3.8) is 0 Å². The molecule has 0 saturated heterocycles. The fraction of sp³-hybridized carbons (Fsp3) is 0.400. The summed E-state index contributed by atoms with van der Waals surface area (Å²) in [6, 6.07) is 0. The predicted molar refractivity (Wildman–Crippen MR) is 56.3 cm³/mol. The van der Waals surface area contributed by atoms with Crippen LogP contribution < -0.4 is 5.73 Å². The molecule has 1 aliphatic rings. The van der Waals surface area contributed by atoms with Crippen LogP contribution in [0.5, 0.6) is 0 Å². The predicted octanol–water partition coefficient (Wildman–Crippen LogP) is 0.400. The molecule has 0 unspecified atom stereocenters. The van der Waals surface area contributed by atoms with E-state index < -0.39 is 0 Å². The van der Waals surface area contributed by atoms with Crippen molar-refractivity contribution in [2.75, 3.05) is 6.54 Å². The Morgan fingerprint density at radius 2 is 2.20 bits per heavy atom. The molecule has 78 valence electrons. The van der Waals surface area contributed by atoms with Crippen LogP contribution in [0.1, 0.15) is 17.2 Å². The standard InChI is InChI=1S/C10H13N5/c11-4-3-9-13-8-2-1-7-6(5-12-15-7)10(8)14-9/h5H,1-4,11H2,(H,12,15)(H,13,14). The maximum atomic E-state index is 5.51. The molecule has 5 heteroatoms. The van der Waals surface area contributed by atoms with E-state index in [4.69, 9.17) is 5.73 Å². The molecule has 2 aromatic rings. The van der Waals surface area contributed by atoms with Gasteiger partial charge in [-0.1, -0.05) is 0 Å². The van der Waals surface area contributed by atoms with Gasteiger partial charge >= 0.3 is 0 Å². The third kappa shape index (κ3) is 1.27.